The summed E-state index contributed by atoms with van der Waals surface area (Å²) >= 11 is 0. The van der Waals surface area contributed by atoms with Crippen molar-refractivity contribution in [3.8, 4) is 0 Å². The molecule has 0 aromatic heterocycles. The van der Waals surface area contributed by atoms with Crippen molar-refractivity contribution in [1.82, 2.24) is 0 Å². The van der Waals surface area contributed by atoms with Crippen LogP contribution in [-0.2, 0) is 30.7 Å². The third-order valence-electron chi connectivity index (χ3n) is 0.813. The van der Waals surface area contributed by atoms with Crippen molar-refractivity contribution in [3.05, 3.63) is 23.7 Å². The Labute approximate surface area is 116 Å². The monoisotopic (exact) mass is 429 g/mol. The van der Waals surface area contributed by atoms with Crippen LogP contribution in [0.15, 0.2) is 23.7 Å². The molecule has 0 aliphatic heterocycles. The summed E-state index contributed by atoms with van der Waals surface area (Å²) in [5.41, 5.74) is 0. The number of ketones is 2. The zero-order chi connectivity index (χ0) is 11.7. The van der Waals surface area contributed by atoms with Crippen molar-refractivity contribution in [2.24, 2.45) is 0 Å². The first-order chi connectivity index (χ1) is 6.25. The molecule has 0 saturated heterocycles. The van der Waals surface area contributed by atoms with Crippen LogP contribution in [0.3, 0.4) is 0 Å². The Balaban J connectivity index is -0.0000000800. The smallest absolute Gasteiger partial charge is 0.876 e. The summed E-state index contributed by atoms with van der Waals surface area (Å²) in [6.07, 6.45) is 2.11. The second kappa shape index (κ2) is 14.4. The van der Waals surface area contributed by atoms with Crippen molar-refractivity contribution in [3.63, 3.8) is 0 Å². The van der Waals surface area contributed by atoms with E-state index in [1.165, 1.54) is 27.7 Å². The van der Waals surface area contributed by atoms with Gasteiger partial charge in [-0.2, -0.15) is 0 Å². The molecule has 0 aliphatic rings. The number of halogens is 1. The van der Waals surface area contributed by atoms with Gasteiger partial charge in [0, 0.05) is 0 Å². The van der Waals surface area contributed by atoms with Gasteiger partial charge in [0.1, 0.15) is 0 Å². The van der Waals surface area contributed by atoms with E-state index in [1.807, 2.05) is 0 Å². The quantitative estimate of drug-likeness (QED) is 0.460. The van der Waals surface area contributed by atoms with Crippen LogP contribution in [0.1, 0.15) is 27.7 Å². The minimum Gasteiger partial charge on any atom is -0.876 e. The first-order valence-corrected chi connectivity index (χ1v) is 3.97. The van der Waals surface area contributed by atoms with Gasteiger partial charge in [0.25, 0.3) is 0 Å². The minimum atomic E-state index is -0.187. The average Bonchev–Trinajstić information content (AvgIpc) is 1.79. The summed E-state index contributed by atoms with van der Waals surface area (Å²) in [5, 5.41) is 20.0. The zero-order valence-electron chi connectivity index (χ0n) is 9.51. The van der Waals surface area contributed by atoms with Gasteiger partial charge in [-0.25, -0.2) is 0 Å². The van der Waals surface area contributed by atoms with E-state index in [9.17, 15) is 19.8 Å². The maximum atomic E-state index is 9.98. The largest absolute Gasteiger partial charge is 2.00 e. The van der Waals surface area contributed by atoms with Crippen LogP contribution in [-0.4, -0.2) is 11.6 Å². The van der Waals surface area contributed by atoms with E-state index in [1.54, 1.807) is 0 Å². The maximum absolute atomic E-state index is 9.98. The molecule has 0 bridgehead atoms. The molecule has 16 heavy (non-hydrogen) atoms. The molecule has 0 heterocycles. The zero-order valence-corrected chi connectivity index (χ0v) is 12.6. The van der Waals surface area contributed by atoms with Crippen molar-refractivity contribution < 1.29 is 40.9 Å². The predicted octanol–water partition coefficient (Wildman–Crippen LogP) is 0.0983. The summed E-state index contributed by atoms with van der Waals surface area (Å²) < 4.78 is 0. The summed E-state index contributed by atoms with van der Waals surface area (Å²) in [6, 6.07) is 0. The third kappa shape index (κ3) is 37.6. The predicted molar refractivity (Wildman–Crippen MR) is 56.1 cm³/mol. The molecule has 0 aromatic rings. The molecule has 6 heteroatoms. The van der Waals surface area contributed by atoms with Gasteiger partial charge in [0.2, 0.25) is 0 Å². The molecule has 0 unspecified atom stereocenters. The van der Waals surface area contributed by atoms with E-state index in [4.69, 9.17) is 0 Å². The number of allylic oxidation sites excluding steroid dienone is 4. The van der Waals surface area contributed by atoms with Gasteiger partial charge in [0.15, 0.2) is 11.6 Å². The fourth-order valence-corrected chi connectivity index (χ4v) is 0.572. The van der Waals surface area contributed by atoms with E-state index < -0.39 is 0 Å². The molecule has 0 atom stereocenters. The van der Waals surface area contributed by atoms with Crippen LogP contribution < -0.4 is 10.2 Å². The van der Waals surface area contributed by atoms with Crippen molar-refractivity contribution in [1.29, 1.82) is 0 Å². The molecule has 0 amide bonds. The van der Waals surface area contributed by atoms with Gasteiger partial charge in [-0.15, -0.1) is 23.9 Å². The molecule has 0 aromatic carbocycles. The standard InChI is InChI=1S/2C5H8O2.ClH.Pt/c2*1-4(6)3-5(2)7;;/h2*3,6H,1-2H3;1H;/q;;;+2/p-2. The second-order valence-corrected chi connectivity index (χ2v) is 2.73. The van der Waals surface area contributed by atoms with E-state index in [-0.39, 0.29) is 56.6 Å². The number of hydrogen-bond acceptors (Lipinski definition) is 4. The molecular formula is C10H15ClO4Pt. The van der Waals surface area contributed by atoms with Crippen molar-refractivity contribution in [2.75, 3.05) is 0 Å². The van der Waals surface area contributed by atoms with Gasteiger partial charge >= 0.3 is 21.1 Å². The second-order valence-electron chi connectivity index (χ2n) is 2.73. The molecule has 0 rings (SSSR count). The SMILES string of the molecule is CC(=O)C=C(C)[O-].CC(=O)C=C(C)[O-].Cl.[Pt+2]. The minimum absolute atomic E-state index is 0. The van der Waals surface area contributed by atoms with Crippen LogP contribution in [0, 0.1) is 0 Å². The molecule has 0 radical (unpaired) electrons. The topological polar surface area (TPSA) is 80.3 Å². The number of hydrogen-bond donors (Lipinski definition) is 0. The third-order valence-corrected chi connectivity index (χ3v) is 0.813. The number of carbonyl (C=O) groups excluding carboxylic acids is 2. The van der Waals surface area contributed by atoms with Crippen molar-refractivity contribution in [2.45, 2.75) is 27.7 Å². The summed E-state index contributed by atoms with van der Waals surface area (Å²) in [7, 11) is 0. The van der Waals surface area contributed by atoms with Crippen LogP contribution >= 0.6 is 12.4 Å². The summed E-state index contributed by atoms with van der Waals surface area (Å²) in [6.45, 7) is 5.39. The van der Waals surface area contributed by atoms with Crippen LogP contribution in [0.25, 0.3) is 0 Å². The molecule has 0 fully saturated rings. The van der Waals surface area contributed by atoms with E-state index in [0.717, 1.165) is 12.2 Å². The Bertz CT molecular complexity index is 236. The van der Waals surface area contributed by atoms with E-state index in [0.29, 0.717) is 0 Å². The van der Waals surface area contributed by atoms with Gasteiger partial charge < -0.3 is 10.2 Å². The van der Waals surface area contributed by atoms with Gasteiger partial charge in [-0.3, -0.25) is 9.59 Å². The van der Waals surface area contributed by atoms with Crippen LogP contribution in [0.5, 0.6) is 0 Å². The van der Waals surface area contributed by atoms with E-state index in [2.05, 4.69) is 0 Å². The molecule has 0 N–H and O–H groups in total. The van der Waals surface area contributed by atoms with Gasteiger partial charge in [-0.1, -0.05) is 13.8 Å². The van der Waals surface area contributed by atoms with Gasteiger partial charge in [-0.05, 0) is 26.0 Å². The molecular weight excluding hydrogens is 415 g/mol. The first-order valence-electron chi connectivity index (χ1n) is 3.97. The fraction of sp³-hybridized carbons (Fsp3) is 0.400. The molecule has 0 saturated carbocycles. The molecule has 4 nitrogen and oxygen atoms in total. The van der Waals surface area contributed by atoms with E-state index >= 15 is 0 Å². The molecule has 0 spiro atoms. The number of carbonyl (C=O) groups is 2. The Hall–Kier alpha value is -0.602. The average molecular weight is 430 g/mol. The fourth-order valence-electron chi connectivity index (χ4n) is 0.572. The normalized spacial score (nSPS) is 10.0. The van der Waals surface area contributed by atoms with Gasteiger partial charge in [0.05, 0.1) is 0 Å². The summed E-state index contributed by atoms with van der Waals surface area (Å²) in [4.78, 5) is 20.0. The Morgan fingerprint density at radius 1 is 0.812 bits per heavy atom. The number of rotatable bonds is 2. The first kappa shape index (κ1) is 24.6. The molecule has 96 valence electrons. The Morgan fingerprint density at radius 3 is 1.00 bits per heavy atom. The molecule has 0 aliphatic carbocycles. The van der Waals surface area contributed by atoms with Crippen LogP contribution in [0.4, 0.5) is 0 Å². The Kier molecular flexibility index (Phi) is 22.1. The van der Waals surface area contributed by atoms with Crippen LogP contribution in [0.2, 0.25) is 0 Å². The summed E-state index contributed by atoms with van der Waals surface area (Å²) in [5.74, 6) is -0.750. The van der Waals surface area contributed by atoms with Crippen molar-refractivity contribution >= 4 is 24.0 Å². The Morgan fingerprint density at radius 2 is 1.00 bits per heavy atom. The maximum Gasteiger partial charge on any atom is 2.00 e.